The second-order valence-corrected chi connectivity index (χ2v) is 9.27. The largest absolute Gasteiger partial charge is 0.400 e. The number of hydrogen-bond donors (Lipinski definition) is 2. The molecule has 0 saturated heterocycles. The topological polar surface area (TPSA) is 74.6 Å². The molecule has 0 aliphatic rings. The Morgan fingerprint density at radius 3 is 0.333 bits per heavy atom. The quantitative estimate of drug-likeness (QED) is 0.190. The van der Waals surface area contributed by atoms with Crippen LogP contribution in [0.4, 0.5) is 0 Å². The molecule has 0 aliphatic carbocycles. The molecule has 0 unspecified atom stereocenters. The van der Waals surface area contributed by atoms with Crippen molar-refractivity contribution < 1.29 is 18.6 Å². The van der Waals surface area contributed by atoms with Crippen molar-refractivity contribution in [3.8, 4) is 0 Å². The molecule has 0 spiro atoms. The van der Waals surface area contributed by atoms with E-state index in [1.54, 1.807) is 11.8 Å². The Bertz CT molecular complexity index is 654. The summed E-state index contributed by atoms with van der Waals surface area (Å²) >= 11 is 1.75. The van der Waals surface area contributed by atoms with Gasteiger partial charge in [-0.15, -0.1) is 0 Å². The summed E-state index contributed by atoms with van der Waals surface area (Å²) in [6.07, 6.45) is 6.40. The molecular formula is C42H80O4S2. The fourth-order valence-corrected chi connectivity index (χ4v) is 1.54. The van der Waals surface area contributed by atoms with Crippen LogP contribution in [0.15, 0.2) is 146 Å². The number of rotatable bonds is 0. The summed E-state index contributed by atoms with van der Waals surface area (Å²) in [4.78, 5) is 0. The summed E-state index contributed by atoms with van der Waals surface area (Å²) < 4.78 is 19.3. The van der Waals surface area contributed by atoms with Gasteiger partial charge >= 0.3 is 0 Å². The molecule has 284 valence electrons. The molecule has 0 fully saturated rings. The first kappa shape index (κ1) is 71.2. The third kappa shape index (κ3) is 172. The van der Waals surface area contributed by atoms with E-state index in [2.05, 4.69) is 0 Å². The number of thioether (sulfide) groups is 1. The SMILES string of the molecule is CC.CC.CC.CC.CC.CC.CO.CO.CS(C)(=O)=O.CSC.c1ccccc1.c1ccccc1.c1ccccc1.c1ccccc1. The van der Waals surface area contributed by atoms with Gasteiger partial charge in [0.15, 0.2) is 0 Å². The normalized spacial score (nSPS) is 6.58. The number of hydrogen-bond acceptors (Lipinski definition) is 5. The lowest BCUT2D eigenvalue weighted by Gasteiger charge is -1.69. The number of aliphatic hydroxyl groups is 2. The van der Waals surface area contributed by atoms with Gasteiger partial charge in [0.1, 0.15) is 9.84 Å². The van der Waals surface area contributed by atoms with E-state index in [1.807, 2.05) is 241 Å². The van der Waals surface area contributed by atoms with Crippen LogP contribution in [0.3, 0.4) is 0 Å². The Morgan fingerprint density at radius 2 is 0.312 bits per heavy atom. The first-order chi connectivity index (χ1) is 23.4. The Labute approximate surface area is 307 Å². The van der Waals surface area contributed by atoms with Crippen molar-refractivity contribution in [1.29, 1.82) is 0 Å². The number of aliphatic hydroxyl groups excluding tert-OH is 2. The lowest BCUT2D eigenvalue weighted by atomic mass is 10.4. The standard InChI is InChI=1S/4C6H6.C2H6O2S.C2H6S.6C2H6.2CH4O/c4*1-2-4-6-5-3-1;1-5(2,3)4;1-3-2;8*1-2/h4*1-6H;1-2H3;1-2H3;6*1-2H3;2*2H,1H3. The molecule has 0 amide bonds. The predicted molar refractivity (Wildman–Crippen MR) is 230 cm³/mol. The summed E-state index contributed by atoms with van der Waals surface area (Å²) in [5.74, 6) is 0. The molecule has 4 aromatic rings. The summed E-state index contributed by atoms with van der Waals surface area (Å²) in [5.41, 5.74) is 0. The predicted octanol–water partition coefficient (Wildman–Crippen LogP) is 12.8. The molecular weight excluding hydrogens is 633 g/mol. The van der Waals surface area contributed by atoms with E-state index in [9.17, 15) is 8.42 Å². The van der Waals surface area contributed by atoms with Crippen LogP contribution in [0, 0.1) is 0 Å². The van der Waals surface area contributed by atoms with Crippen LogP contribution in [-0.4, -0.2) is 57.9 Å². The number of sulfone groups is 1. The summed E-state index contributed by atoms with van der Waals surface area (Å²) in [5, 5.41) is 14.0. The third-order valence-corrected chi connectivity index (χ3v) is 2.67. The van der Waals surface area contributed by atoms with E-state index in [1.165, 1.54) is 0 Å². The van der Waals surface area contributed by atoms with E-state index >= 15 is 0 Å². The van der Waals surface area contributed by atoms with Crippen molar-refractivity contribution in [2.24, 2.45) is 0 Å². The molecule has 6 heteroatoms. The summed E-state index contributed by atoms with van der Waals surface area (Å²) in [6, 6.07) is 48.0. The van der Waals surface area contributed by atoms with Gasteiger partial charge < -0.3 is 10.2 Å². The Hall–Kier alpha value is -2.90. The van der Waals surface area contributed by atoms with Crippen molar-refractivity contribution in [2.75, 3.05) is 39.2 Å². The maximum absolute atomic E-state index is 9.63. The lowest BCUT2D eigenvalue weighted by Crippen LogP contribution is -1.86. The molecule has 4 rings (SSSR count). The van der Waals surface area contributed by atoms with Crippen LogP contribution in [-0.2, 0) is 9.84 Å². The Kier molecular flexibility index (Phi) is 154. The first-order valence-electron chi connectivity index (χ1n) is 16.9. The van der Waals surface area contributed by atoms with Crippen LogP contribution < -0.4 is 0 Å². The highest BCUT2D eigenvalue weighted by Gasteiger charge is 1.79. The zero-order chi connectivity index (χ0) is 40.2. The Morgan fingerprint density at radius 1 is 0.292 bits per heavy atom. The van der Waals surface area contributed by atoms with E-state index in [4.69, 9.17) is 10.2 Å². The van der Waals surface area contributed by atoms with Gasteiger partial charge in [-0.2, -0.15) is 11.8 Å². The van der Waals surface area contributed by atoms with Crippen molar-refractivity contribution in [3.63, 3.8) is 0 Å². The molecule has 0 aliphatic heterocycles. The minimum atomic E-state index is -2.67. The van der Waals surface area contributed by atoms with Crippen molar-refractivity contribution in [3.05, 3.63) is 146 Å². The molecule has 0 heterocycles. The van der Waals surface area contributed by atoms with Crippen molar-refractivity contribution in [2.45, 2.75) is 83.1 Å². The molecule has 2 N–H and O–H groups in total. The minimum Gasteiger partial charge on any atom is -0.400 e. The maximum Gasteiger partial charge on any atom is 0.144 e. The van der Waals surface area contributed by atoms with Gasteiger partial charge in [0.05, 0.1) is 0 Å². The van der Waals surface area contributed by atoms with Gasteiger partial charge in [0.25, 0.3) is 0 Å². The average molecular weight is 713 g/mol. The van der Waals surface area contributed by atoms with Gasteiger partial charge in [-0.3, -0.25) is 0 Å². The lowest BCUT2D eigenvalue weighted by molar-refractivity contribution is 0.399. The molecule has 4 nitrogen and oxygen atoms in total. The zero-order valence-electron chi connectivity index (χ0n) is 34.4. The van der Waals surface area contributed by atoms with Crippen LogP contribution in [0.25, 0.3) is 0 Å². The summed E-state index contributed by atoms with van der Waals surface area (Å²) in [7, 11) is -0.667. The smallest absolute Gasteiger partial charge is 0.144 e. The third-order valence-electron chi connectivity index (χ3n) is 2.67. The van der Waals surface area contributed by atoms with Gasteiger partial charge in [-0.1, -0.05) is 229 Å². The van der Waals surface area contributed by atoms with Crippen LogP contribution >= 0.6 is 11.8 Å². The van der Waals surface area contributed by atoms with Crippen LogP contribution in [0.5, 0.6) is 0 Å². The molecule has 0 saturated carbocycles. The van der Waals surface area contributed by atoms with Crippen LogP contribution in [0.1, 0.15) is 83.1 Å². The molecule has 48 heavy (non-hydrogen) atoms. The molecule has 0 atom stereocenters. The fourth-order valence-electron chi connectivity index (χ4n) is 1.54. The van der Waals surface area contributed by atoms with E-state index < -0.39 is 9.84 Å². The molecule has 0 radical (unpaired) electrons. The van der Waals surface area contributed by atoms with Crippen molar-refractivity contribution >= 4 is 21.6 Å². The molecule has 4 aromatic carbocycles. The highest BCUT2D eigenvalue weighted by molar-refractivity contribution is 7.97. The zero-order valence-corrected chi connectivity index (χ0v) is 36.0. The van der Waals surface area contributed by atoms with Crippen LogP contribution in [0.2, 0.25) is 0 Å². The highest BCUT2D eigenvalue weighted by Crippen LogP contribution is 1.81. The van der Waals surface area contributed by atoms with Gasteiger partial charge in [-0.25, -0.2) is 8.42 Å². The Balaban J connectivity index is -0.0000000419. The first-order valence-corrected chi connectivity index (χ1v) is 20.8. The fraction of sp³-hybridized carbons (Fsp3) is 0.429. The van der Waals surface area contributed by atoms with E-state index in [-0.39, 0.29) is 0 Å². The highest BCUT2D eigenvalue weighted by atomic mass is 32.2. The molecule has 0 aromatic heterocycles. The summed E-state index contributed by atoms with van der Waals surface area (Å²) in [6.45, 7) is 24.0. The number of benzene rings is 4. The minimum absolute atomic E-state index is 1.00. The average Bonchev–Trinajstić information content (AvgIpc) is 3.21. The van der Waals surface area contributed by atoms with E-state index in [0.29, 0.717) is 0 Å². The monoisotopic (exact) mass is 713 g/mol. The van der Waals surface area contributed by atoms with Gasteiger partial charge in [-0.05, 0) is 12.5 Å². The van der Waals surface area contributed by atoms with E-state index in [0.717, 1.165) is 26.7 Å². The second-order valence-electron chi connectivity index (χ2n) is 6.17. The molecule has 0 bridgehead atoms. The van der Waals surface area contributed by atoms with Gasteiger partial charge in [0.2, 0.25) is 0 Å². The second kappa shape index (κ2) is 104. The van der Waals surface area contributed by atoms with Gasteiger partial charge in [0, 0.05) is 26.7 Å². The van der Waals surface area contributed by atoms with Crippen molar-refractivity contribution in [1.82, 2.24) is 0 Å². The maximum atomic E-state index is 9.63.